The van der Waals surface area contributed by atoms with Crippen molar-refractivity contribution in [1.82, 2.24) is 4.90 Å². The maximum absolute atomic E-state index is 13.2. The van der Waals surface area contributed by atoms with Gasteiger partial charge in [0, 0.05) is 12.2 Å². The molecule has 29 heavy (non-hydrogen) atoms. The number of aryl methyl sites for hydroxylation is 1. The molecule has 1 aliphatic rings. The van der Waals surface area contributed by atoms with Gasteiger partial charge < -0.3 is 10.1 Å². The lowest BCUT2D eigenvalue weighted by Gasteiger charge is -2.18. The molecule has 0 saturated heterocycles. The zero-order valence-corrected chi connectivity index (χ0v) is 17.7. The Morgan fingerprint density at radius 3 is 2.31 bits per heavy atom. The van der Waals surface area contributed by atoms with Crippen LogP contribution >= 0.6 is 0 Å². The van der Waals surface area contributed by atoms with Crippen molar-refractivity contribution in [2.75, 3.05) is 18.5 Å². The number of carbonyl (C=O) groups is 2. The van der Waals surface area contributed by atoms with Crippen LogP contribution in [0.2, 0.25) is 0 Å². The number of carbonyl (C=O) groups excluding carboxylic acids is 2. The fourth-order valence-corrected chi connectivity index (χ4v) is 3.40. The summed E-state index contributed by atoms with van der Waals surface area (Å²) < 4.78 is 5.50. The number of ether oxygens (including phenoxy) is 1. The predicted molar refractivity (Wildman–Crippen MR) is 116 cm³/mol. The molecule has 2 aromatic rings. The van der Waals surface area contributed by atoms with Crippen LogP contribution < -0.4 is 10.1 Å². The highest BCUT2D eigenvalue weighted by Crippen LogP contribution is 2.33. The van der Waals surface area contributed by atoms with Gasteiger partial charge in [-0.2, -0.15) is 0 Å². The van der Waals surface area contributed by atoms with Gasteiger partial charge in [-0.3, -0.25) is 14.5 Å². The van der Waals surface area contributed by atoms with Crippen molar-refractivity contribution in [1.29, 1.82) is 0 Å². The number of nitrogens with zero attached hydrogens (tertiary/aromatic N) is 1. The molecule has 2 amide bonds. The lowest BCUT2D eigenvalue weighted by molar-refractivity contribution is -0.137. The SMILES string of the molecule is CCOc1ccc(C2=C(Nc3cccc(C)c3C)C(=O)N(CC(C)C)C2=O)cc1. The molecular formula is C24H28N2O3. The first kappa shape index (κ1) is 20.6. The van der Waals surface area contributed by atoms with E-state index in [0.717, 1.165) is 22.6 Å². The van der Waals surface area contributed by atoms with E-state index in [4.69, 9.17) is 4.74 Å². The average Bonchev–Trinajstić information content (AvgIpc) is 2.90. The number of nitrogens with one attached hydrogen (secondary N) is 1. The lowest BCUT2D eigenvalue weighted by atomic mass is 10.0. The second-order valence-corrected chi connectivity index (χ2v) is 7.69. The number of imide groups is 1. The number of hydrogen-bond donors (Lipinski definition) is 1. The lowest BCUT2D eigenvalue weighted by Crippen LogP contribution is -2.35. The smallest absolute Gasteiger partial charge is 0.278 e. The Hall–Kier alpha value is -3.08. The van der Waals surface area contributed by atoms with E-state index in [1.807, 2.05) is 77.1 Å². The van der Waals surface area contributed by atoms with Crippen LogP contribution in [0, 0.1) is 19.8 Å². The van der Waals surface area contributed by atoms with Crippen molar-refractivity contribution < 1.29 is 14.3 Å². The second kappa shape index (κ2) is 8.52. The van der Waals surface area contributed by atoms with Gasteiger partial charge in [-0.25, -0.2) is 0 Å². The quantitative estimate of drug-likeness (QED) is 0.702. The molecule has 1 heterocycles. The average molecular weight is 392 g/mol. The van der Waals surface area contributed by atoms with Gasteiger partial charge in [0.25, 0.3) is 11.8 Å². The fourth-order valence-electron chi connectivity index (χ4n) is 3.40. The zero-order valence-electron chi connectivity index (χ0n) is 17.7. The van der Waals surface area contributed by atoms with E-state index in [0.29, 0.717) is 30.0 Å². The van der Waals surface area contributed by atoms with Crippen molar-refractivity contribution in [2.24, 2.45) is 5.92 Å². The molecule has 5 heteroatoms. The molecule has 1 N–H and O–H groups in total. The Labute approximate surface area is 172 Å². The topological polar surface area (TPSA) is 58.6 Å². The molecule has 0 bridgehead atoms. The van der Waals surface area contributed by atoms with E-state index in [2.05, 4.69) is 5.32 Å². The number of amides is 2. The molecule has 0 saturated carbocycles. The molecule has 0 spiro atoms. The zero-order chi connectivity index (χ0) is 21.1. The third-order valence-electron chi connectivity index (χ3n) is 5.03. The van der Waals surface area contributed by atoms with E-state index in [-0.39, 0.29) is 17.7 Å². The molecule has 1 aliphatic heterocycles. The van der Waals surface area contributed by atoms with Crippen LogP contribution in [0.5, 0.6) is 5.75 Å². The van der Waals surface area contributed by atoms with Crippen LogP contribution in [0.15, 0.2) is 48.2 Å². The van der Waals surface area contributed by atoms with Crippen molar-refractivity contribution in [2.45, 2.75) is 34.6 Å². The summed E-state index contributed by atoms with van der Waals surface area (Å²) in [6.07, 6.45) is 0. The van der Waals surface area contributed by atoms with Gasteiger partial charge in [-0.1, -0.05) is 38.1 Å². The van der Waals surface area contributed by atoms with Crippen molar-refractivity contribution in [3.63, 3.8) is 0 Å². The molecule has 0 aliphatic carbocycles. The summed E-state index contributed by atoms with van der Waals surface area (Å²) in [6.45, 7) is 10.9. The van der Waals surface area contributed by atoms with Crippen LogP contribution in [0.4, 0.5) is 5.69 Å². The molecule has 0 unspecified atom stereocenters. The maximum Gasteiger partial charge on any atom is 0.278 e. The molecule has 2 aromatic carbocycles. The Morgan fingerprint density at radius 2 is 1.69 bits per heavy atom. The van der Waals surface area contributed by atoms with Crippen molar-refractivity contribution in [3.05, 3.63) is 64.9 Å². The van der Waals surface area contributed by atoms with Crippen LogP contribution in [0.1, 0.15) is 37.5 Å². The molecule has 0 radical (unpaired) electrons. The Morgan fingerprint density at radius 1 is 1.00 bits per heavy atom. The first-order chi connectivity index (χ1) is 13.8. The van der Waals surface area contributed by atoms with Gasteiger partial charge in [0.15, 0.2) is 0 Å². The second-order valence-electron chi connectivity index (χ2n) is 7.69. The first-order valence-electron chi connectivity index (χ1n) is 10.00. The third kappa shape index (κ3) is 4.19. The minimum atomic E-state index is -0.284. The van der Waals surface area contributed by atoms with E-state index in [1.54, 1.807) is 0 Å². The van der Waals surface area contributed by atoms with Crippen LogP contribution in [0.3, 0.4) is 0 Å². The van der Waals surface area contributed by atoms with E-state index in [9.17, 15) is 9.59 Å². The summed E-state index contributed by atoms with van der Waals surface area (Å²) >= 11 is 0. The number of anilines is 1. The Bertz CT molecular complexity index is 959. The van der Waals surface area contributed by atoms with Crippen molar-refractivity contribution >= 4 is 23.1 Å². The highest BCUT2D eigenvalue weighted by molar-refractivity contribution is 6.36. The highest BCUT2D eigenvalue weighted by Gasteiger charge is 2.39. The van der Waals surface area contributed by atoms with E-state index >= 15 is 0 Å². The summed E-state index contributed by atoms with van der Waals surface area (Å²) in [5.41, 5.74) is 4.43. The minimum Gasteiger partial charge on any atom is -0.494 e. The summed E-state index contributed by atoms with van der Waals surface area (Å²) in [7, 11) is 0. The van der Waals surface area contributed by atoms with Gasteiger partial charge in [0.1, 0.15) is 11.4 Å². The van der Waals surface area contributed by atoms with Crippen molar-refractivity contribution in [3.8, 4) is 5.75 Å². The van der Waals surface area contributed by atoms with Gasteiger partial charge in [-0.05, 0) is 61.6 Å². The van der Waals surface area contributed by atoms with Gasteiger partial charge in [0.05, 0.1) is 12.2 Å². The Balaban J connectivity index is 2.06. The summed E-state index contributed by atoms with van der Waals surface area (Å²) in [6, 6.07) is 13.2. The number of benzene rings is 2. The molecule has 0 fully saturated rings. The standard InChI is InChI=1S/C24H28N2O3/c1-6-29-19-12-10-18(11-13-19)21-22(24(28)26(23(21)27)14-15(2)3)25-20-9-7-8-16(4)17(20)5/h7-13,15,25H,6,14H2,1-5H3. The largest absolute Gasteiger partial charge is 0.494 e. The van der Waals surface area contributed by atoms with Gasteiger partial charge in [0.2, 0.25) is 0 Å². The van der Waals surface area contributed by atoms with Crippen LogP contribution in [-0.4, -0.2) is 29.9 Å². The minimum absolute atomic E-state index is 0.185. The first-order valence-corrected chi connectivity index (χ1v) is 10.00. The predicted octanol–water partition coefficient (Wildman–Crippen LogP) is 4.55. The van der Waals surface area contributed by atoms with Crippen LogP contribution in [0.25, 0.3) is 5.57 Å². The van der Waals surface area contributed by atoms with Crippen LogP contribution in [-0.2, 0) is 9.59 Å². The monoisotopic (exact) mass is 392 g/mol. The highest BCUT2D eigenvalue weighted by atomic mass is 16.5. The summed E-state index contributed by atoms with van der Waals surface area (Å²) in [5.74, 6) is 0.371. The molecule has 3 rings (SSSR count). The fraction of sp³-hybridized carbons (Fsp3) is 0.333. The molecule has 0 aromatic heterocycles. The maximum atomic E-state index is 13.2. The summed E-state index contributed by atoms with van der Waals surface area (Å²) in [4.78, 5) is 27.7. The third-order valence-corrected chi connectivity index (χ3v) is 5.03. The number of rotatable bonds is 7. The molecule has 5 nitrogen and oxygen atoms in total. The summed E-state index contributed by atoms with van der Waals surface area (Å²) in [5, 5.41) is 3.26. The Kier molecular flexibility index (Phi) is 6.06. The molecular weight excluding hydrogens is 364 g/mol. The van der Waals surface area contributed by atoms with Gasteiger partial charge >= 0.3 is 0 Å². The molecule has 152 valence electrons. The van der Waals surface area contributed by atoms with E-state index in [1.165, 1.54) is 4.90 Å². The molecule has 0 atom stereocenters. The van der Waals surface area contributed by atoms with Gasteiger partial charge in [-0.15, -0.1) is 0 Å². The van der Waals surface area contributed by atoms with E-state index < -0.39 is 0 Å². The normalized spacial score (nSPS) is 14.2. The number of hydrogen-bond acceptors (Lipinski definition) is 4.